The molecule has 0 unspecified atom stereocenters. The highest BCUT2D eigenvalue weighted by molar-refractivity contribution is 7.92. The number of amides is 2. The summed E-state index contributed by atoms with van der Waals surface area (Å²) in [6.45, 7) is -0.190. The molecule has 2 amide bonds. The van der Waals surface area contributed by atoms with E-state index in [2.05, 4.69) is 15.8 Å². The standard InChI is InChI=1S/C36H32N4O6S/c1-45-34-19-11-9-17-32(34)38-35(41)26-46-29-22-20-27(21-23-29)24-37-39-36(42)31-16-8-10-18-33(31)40(25-28-12-4-2-5-13-28)47(43,44)30-14-6-3-7-15-30/h2-24H,25-26H2,1H3,(H,38,41)(H,39,42)/b37-24-. The second-order valence-electron chi connectivity index (χ2n) is 10.1. The van der Waals surface area contributed by atoms with Gasteiger partial charge in [0.2, 0.25) is 0 Å². The fourth-order valence-electron chi connectivity index (χ4n) is 4.61. The molecule has 5 aromatic carbocycles. The Morgan fingerprint density at radius 3 is 2.15 bits per heavy atom. The Kier molecular flexibility index (Phi) is 10.6. The molecule has 10 nitrogen and oxygen atoms in total. The summed E-state index contributed by atoms with van der Waals surface area (Å²) in [5.74, 6) is 0.0800. The molecular formula is C36H32N4O6S. The molecule has 0 saturated heterocycles. The number of nitrogens with one attached hydrogen (secondary N) is 2. The lowest BCUT2D eigenvalue weighted by molar-refractivity contribution is -0.118. The third-order valence-corrected chi connectivity index (χ3v) is 8.70. The summed E-state index contributed by atoms with van der Waals surface area (Å²) in [5, 5.41) is 6.83. The van der Waals surface area contributed by atoms with Crippen LogP contribution in [-0.4, -0.2) is 40.2 Å². The molecule has 0 bridgehead atoms. The van der Waals surface area contributed by atoms with Crippen molar-refractivity contribution in [2.75, 3.05) is 23.3 Å². The molecule has 0 aliphatic rings. The van der Waals surface area contributed by atoms with E-state index in [0.717, 1.165) is 5.56 Å². The van der Waals surface area contributed by atoms with Gasteiger partial charge in [-0.15, -0.1) is 0 Å². The van der Waals surface area contributed by atoms with Crippen LogP contribution in [0.2, 0.25) is 0 Å². The topological polar surface area (TPSA) is 126 Å². The van der Waals surface area contributed by atoms with Gasteiger partial charge in [0.1, 0.15) is 11.5 Å². The Labute approximate surface area is 273 Å². The molecular weight excluding hydrogens is 616 g/mol. The lowest BCUT2D eigenvalue weighted by atomic mass is 10.1. The molecule has 0 aliphatic carbocycles. The lowest BCUT2D eigenvalue weighted by Gasteiger charge is -2.26. The Balaban J connectivity index is 1.25. The van der Waals surface area contributed by atoms with Gasteiger partial charge in [0, 0.05) is 0 Å². The summed E-state index contributed by atoms with van der Waals surface area (Å²) in [5.41, 5.74) is 4.80. The number of rotatable bonds is 13. The summed E-state index contributed by atoms with van der Waals surface area (Å²) >= 11 is 0. The highest BCUT2D eigenvalue weighted by Crippen LogP contribution is 2.29. The van der Waals surface area contributed by atoms with Gasteiger partial charge in [0.05, 0.1) is 41.7 Å². The van der Waals surface area contributed by atoms with Crippen molar-refractivity contribution in [3.63, 3.8) is 0 Å². The summed E-state index contributed by atoms with van der Waals surface area (Å²) in [4.78, 5) is 25.8. The fourth-order valence-corrected chi connectivity index (χ4v) is 6.10. The van der Waals surface area contributed by atoms with Crippen molar-refractivity contribution in [2.24, 2.45) is 5.10 Å². The maximum absolute atomic E-state index is 13.9. The van der Waals surface area contributed by atoms with Gasteiger partial charge in [-0.05, 0) is 71.8 Å². The van der Waals surface area contributed by atoms with E-state index in [4.69, 9.17) is 9.47 Å². The predicted octanol–water partition coefficient (Wildman–Crippen LogP) is 5.87. The van der Waals surface area contributed by atoms with Crippen molar-refractivity contribution in [1.82, 2.24) is 5.43 Å². The number of nitrogens with zero attached hydrogens (tertiary/aromatic N) is 2. The normalized spacial score (nSPS) is 11.1. The van der Waals surface area contributed by atoms with Gasteiger partial charge in [-0.25, -0.2) is 13.8 Å². The van der Waals surface area contributed by atoms with E-state index < -0.39 is 15.9 Å². The molecule has 238 valence electrons. The molecule has 47 heavy (non-hydrogen) atoms. The van der Waals surface area contributed by atoms with Crippen molar-refractivity contribution < 1.29 is 27.5 Å². The van der Waals surface area contributed by atoms with Crippen molar-refractivity contribution in [1.29, 1.82) is 0 Å². The number of sulfonamides is 1. The van der Waals surface area contributed by atoms with Crippen molar-refractivity contribution in [2.45, 2.75) is 11.4 Å². The third kappa shape index (κ3) is 8.41. The molecule has 11 heteroatoms. The van der Waals surface area contributed by atoms with Crippen LogP contribution >= 0.6 is 0 Å². The summed E-state index contributed by atoms with van der Waals surface area (Å²) < 4.78 is 39.8. The molecule has 0 spiro atoms. The summed E-state index contributed by atoms with van der Waals surface area (Å²) in [7, 11) is -2.51. The van der Waals surface area contributed by atoms with E-state index in [1.807, 2.05) is 30.3 Å². The molecule has 0 aliphatic heterocycles. The number of hydrogen-bond donors (Lipinski definition) is 2. The zero-order chi connectivity index (χ0) is 33.1. The van der Waals surface area contributed by atoms with E-state index >= 15 is 0 Å². The van der Waals surface area contributed by atoms with Gasteiger partial charge in [-0.2, -0.15) is 5.10 Å². The lowest BCUT2D eigenvalue weighted by Crippen LogP contribution is -2.33. The van der Waals surface area contributed by atoms with Gasteiger partial charge in [0.15, 0.2) is 6.61 Å². The molecule has 0 aromatic heterocycles. The van der Waals surface area contributed by atoms with Crippen LogP contribution in [0.25, 0.3) is 0 Å². The van der Waals surface area contributed by atoms with E-state index in [0.29, 0.717) is 22.7 Å². The number of hydrogen-bond acceptors (Lipinski definition) is 7. The average molecular weight is 649 g/mol. The smallest absolute Gasteiger partial charge is 0.273 e. The van der Waals surface area contributed by atoms with E-state index in [9.17, 15) is 18.0 Å². The Bertz CT molecular complexity index is 1950. The maximum Gasteiger partial charge on any atom is 0.273 e. The van der Waals surface area contributed by atoms with Crippen molar-refractivity contribution in [3.05, 3.63) is 150 Å². The molecule has 0 heterocycles. The van der Waals surface area contributed by atoms with Crippen LogP contribution < -0.4 is 24.5 Å². The zero-order valence-electron chi connectivity index (χ0n) is 25.4. The molecule has 0 fully saturated rings. The number of benzene rings is 5. The van der Waals surface area contributed by atoms with E-state index in [1.165, 1.54) is 29.8 Å². The van der Waals surface area contributed by atoms with Crippen LogP contribution in [0.5, 0.6) is 11.5 Å². The number of ether oxygens (including phenoxy) is 2. The minimum atomic E-state index is -4.03. The minimum absolute atomic E-state index is 0.0160. The largest absolute Gasteiger partial charge is 0.495 e. The zero-order valence-corrected chi connectivity index (χ0v) is 26.3. The Morgan fingerprint density at radius 1 is 0.787 bits per heavy atom. The molecule has 5 rings (SSSR count). The third-order valence-electron chi connectivity index (χ3n) is 6.93. The fraction of sp³-hybridized carbons (Fsp3) is 0.0833. The highest BCUT2D eigenvalue weighted by Gasteiger charge is 2.28. The van der Waals surface area contributed by atoms with Gasteiger partial charge in [0.25, 0.3) is 21.8 Å². The first-order chi connectivity index (χ1) is 22.8. The summed E-state index contributed by atoms with van der Waals surface area (Å²) in [6.07, 6.45) is 1.45. The second kappa shape index (κ2) is 15.4. The van der Waals surface area contributed by atoms with Gasteiger partial charge >= 0.3 is 0 Å². The highest BCUT2D eigenvalue weighted by atomic mass is 32.2. The van der Waals surface area contributed by atoms with Crippen LogP contribution in [0.15, 0.2) is 143 Å². The SMILES string of the molecule is COc1ccccc1NC(=O)COc1ccc(/C=N\NC(=O)c2ccccc2N(Cc2ccccc2)S(=O)(=O)c2ccccc2)cc1. The van der Waals surface area contributed by atoms with E-state index in [-0.39, 0.29) is 35.2 Å². The summed E-state index contributed by atoms with van der Waals surface area (Å²) in [6, 6.07) is 37.6. The maximum atomic E-state index is 13.9. The van der Waals surface area contributed by atoms with Crippen LogP contribution in [0.4, 0.5) is 11.4 Å². The first-order valence-corrected chi connectivity index (χ1v) is 16.0. The molecule has 5 aromatic rings. The number of carbonyl (C=O) groups excluding carboxylic acids is 2. The number of para-hydroxylation sites is 3. The van der Waals surface area contributed by atoms with Crippen LogP contribution in [0.3, 0.4) is 0 Å². The number of methoxy groups -OCH3 is 1. The van der Waals surface area contributed by atoms with Crippen LogP contribution in [0, 0.1) is 0 Å². The van der Waals surface area contributed by atoms with E-state index in [1.54, 1.807) is 91.0 Å². The van der Waals surface area contributed by atoms with Crippen molar-refractivity contribution in [3.8, 4) is 11.5 Å². The van der Waals surface area contributed by atoms with Gasteiger partial charge < -0.3 is 14.8 Å². The average Bonchev–Trinajstić information content (AvgIpc) is 3.11. The number of anilines is 2. The molecule has 0 saturated carbocycles. The predicted molar refractivity (Wildman–Crippen MR) is 181 cm³/mol. The number of hydrazone groups is 1. The molecule has 0 radical (unpaired) electrons. The minimum Gasteiger partial charge on any atom is -0.495 e. The van der Waals surface area contributed by atoms with Crippen molar-refractivity contribution >= 4 is 39.4 Å². The molecule has 0 atom stereocenters. The van der Waals surface area contributed by atoms with Gasteiger partial charge in [-0.1, -0.05) is 72.8 Å². The van der Waals surface area contributed by atoms with Gasteiger partial charge in [-0.3, -0.25) is 13.9 Å². The van der Waals surface area contributed by atoms with Crippen LogP contribution in [0.1, 0.15) is 21.5 Å². The first kappa shape index (κ1) is 32.5. The quantitative estimate of drug-likeness (QED) is 0.122. The number of carbonyl (C=O) groups is 2. The monoisotopic (exact) mass is 648 g/mol. The second-order valence-corrected chi connectivity index (χ2v) is 12.0. The Hall–Kier alpha value is -5.94. The van der Waals surface area contributed by atoms with Crippen LogP contribution in [-0.2, 0) is 21.4 Å². The molecule has 2 N–H and O–H groups in total. The Morgan fingerprint density at radius 2 is 1.43 bits per heavy atom. The first-order valence-electron chi connectivity index (χ1n) is 14.5.